The zero-order valence-corrected chi connectivity index (χ0v) is 23.1. The highest BCUT2D eigenvalue weighted by atomic mass is 32.1. The maximum absolute atomic E-state index is 13.6. The summed E-state index contributed by atoms with van der Waals surface area (Å²) in [5.41, 5.74) is 0.922. The first-order valence-electron chi connectivity index (χ1n) is 12.4. The average molecular weight is 527 g/mol. The number of likely N-dealkylation sites (tertiary alicyclic amines) is 1. The second-order valence-corrected chi connectivity index (χ2v) is 9.18. The van der Waals surface area contributed by atoms with Crippen LogP contribution in [0.4, 0.5) is 0 Å². The molecule has 0 radical (unpaired) electrons. The number of hydrogen-bond donors (Lipinski definition) is 1. The summed E-state index contributed by atoms with van der Waals surface area (Å²) >= 11 is 0. The van der Waals surface area contributed by atoms with E-state index in [0.29, 0.717) is 25.4 Å². The van der Waals surface area contributed by atoms with Crippen LogP contribution in [0.2, 0.25) is 0 Å². The lowest BCUT2D eigenvalue weighted by atomic mass is 9.84. The lowest BCUT2D eigenvalue weighted by molar-refractivity contribution is -0.157. The Morgan fingerprint density at radius 2 is 1.74 bits per heavy atom. The van der Waals surface area contributed by atoms with Gasteiger partial charge in [0.15, 0.2) is 0 Å². The fraction of sp³-hybridized carbons (Fsp3) is 0.654. The fourth-order valence-corrected chi connectivity index (χ4v) is 5.21. The molecule has 1 saturated heterocycles. The van der Waals surface area contributed by atoms with E-state index in [1.54, 1.807) is 18.7 Å². The van der Waals surface area contributed by atoms with Crippen molar-refractivity contribution < 1.29 is 23.9 Å². The van der Waals surface area contributed by atoms with Crippen molar-refractivity contribution in [3.05, 3.63) is 35.9 Å². The number of hydrogen-bond acceptors (Lipinski definition) is 6. The number of ether oxygens (including phenoxy) is 2. The monoisotopic (exact) mass is 526 g/mol. The normalized spacial score (nSPS) is 22.6. The number of rotatable bonds is 10. The van der Waals surface area contributed by atoms with E-state index in [9.17, 15) is 14.4 Å². The van der Waals surface area contributed by atoms with Crippen LogP contribution in [0.1, 0.15) is 71.3 Å². The molecule has 1 aliphatic heterocycles. The summed E-state index contributed by atoms with van der Waals surface area (Å²) in [5, 5.41) is 3.17. The fourth-order valence-electron chi connectivity index (χ4n) is 5.21. The van der Waals surface area contributed by atoms with E-state index in [2.05, 4.69) is 5.32 Å². The number of fused-ring (bicyclic) bond motifs is 1. The van der Waals surface area contributed by atoms with E-state index < -0.39 is 18.1 Å². The molecule has 9 heteroatoms. The van der Waals surface area contributed by atoms with Crippen LogP contribution in [0.5, 0.6) is 0 Å². The summed E-state index contributed by atoms with van der Waals surface area (Å²) in [7, 11) is 0. The van der Waals surface area contributed by atoms with Crippen molar-refractivity contribution in [2.75, 3.05) is 6.61 Å². The highest BCUT2D eigenvalue weighted by molar-refractivity contribution is 7.59. The van der Waals surface area contributed by atoms with Crippen molar-refractivity contribution in [3.63, 3.8) is 0 Å². The summed E-state index contributed by atoms with van der Waals surface area (Å²) < 4.78 is 10.8. The summed E-state index contributed by atoms with van der Waals surface area (Å²) in [6.45, 7) is 6.03. The lowest BCUT2D eigenvalue weighted by Gasteiger charge is -2.35. The molecule has 1 N–H and O–H groups in total. The smallest absolute Gasteiger partial charge is 0.329 e. The highest BCUT2D eigenvalue weighted by Crippen LogP contribution is 2.40. The topological polar surface area (TPSA) is 84.9 Å². The largest absolute Gasteiger partial charge is 0.465 e. The summed E-state index contributed by atoms with van der Waals surface area (Å²) in [4.78, 5) is 40.8. The molecule has 3 rings (SSSR count). The van der Waals surface area contributed by atoms with Gasteiger partial charge in [-0.05, 0) is 51.0 Å². The van der Waals surface area contributed by atoms with E-state index >= 15 is 0 Å². The molecule has 0 unspecified atom stereocenters. The zero-order valence-electron chi connectivity index (χ0n) is 21.1. The quantitative estimate of drug-likeness (QED) is 0.467. The lowest BCUT2D eigenvalue weighted by Crippen LogP contribution is -2.55. The SMILES string of the molecule is CCC[C@@H](N[C@@H](C)C(=O)N1[C@H](C(=O)OCc2ccccc2)C[C@@H]2CCCC[C@@H]21)C(=O)OCC.S.S. The molecule has 0 spiro atoms. The number of carbonyl (C=O) groups is 3. The predicted molar refractivity (Wildman–Crippen MR) is 146 cm³/mol. The Morgan fingerprint density at radius 3 is 2.40 bits per heavy atom. The van der Waals surface area contributed by atoms with Gasteiger partial charge in [-0.15, -0.1) is 0 Å². The number of nitrogens with one attached hydrogen (secondary N) is 1. The van der Waals surface area contributed by atoms with Gasteiger partial charge in [-0.25, -0.2) is 4.79 Å². The van der Waals surface area contributed by atoms with Gasteiger partial charge in [0.1, 0.15) is 18.7 Å². The molecule has 0 bridgehead atoms. The van der Waals surface area contributed by atoms with E-state index in [1.165, 1.54) is 0 Å². The minimum Gasteiger partial charge on any atom is -0.465 e. The third kappa shape index (κ3) is 8.15. The molecular formula is C26H42N2O5S2. The van der Waals surface area contributed by atoms with Crippen LogP contribution in [0.25, 0.3) is 0 Å². The van der Waals surface area contributed by atoms with Crippen molar-refractivity contribution in [1.82, 2.24) is 10.2 Å². The molecule has 35 heavy (non-hydrogen) atoms. The Labute approximate surface area is 223 Å². The number of esters is 2. The van der Waals surface area contributed by atoms with E-state index in [-0.39, 0.29) is 57.5 Å². The van der Waals surface area contributed by atoms with Crippen LogP contribution in [0.15, 0.2) is 30.3 Å². The zero-order chi connectivity index (χ0) is 23.8. The molecule has 1 heterocycles. The third-order valence-corrected chi connectivity index (χ3v) is 6.81. The number of carbonyl (C=O) groups excluding carboxylic acids is 3. The molecule has 1 saturated carbocycles. The second kappa shape index (κ2) is 15.4. The molecule has 7 nitrogen and oxygen atoms in total. The van der Waals surface area contributed by atoms with Gasteiger partial charge in [0, 0.05) is 6.04 Å². The summed E-state index contributed by atoms with van der Waals surface area (Å²) in [6, 6.07) is 7.91. The van der Waals surface area contributed by atoms with E-state index in [4.69, 9.17) is 9.47 Å². The number of nitrogens with zero attached hydrogens (tertiary/aromatic N) is 1. The molecule has 2 aliphatic rings. The Balaban J connectivity index is 0.00000306. The second-order valence-electron chi connectivity index (χ2n) is 9.18. The van der Waals surface area contributed by atoms with Crippen molar-refractivity contribution in [3.8, 4) is 0 Å². The van der Waals surface area contributed by atoms with Crippen molar-refractivity contribution in [2.24, 2.45) is 5.92 Å². The molecule has 1 aliphatic carbocycles. The van der Waals surface area contributed by atoms with Crippen molar-refractivity contribution in [2.45, 2.75) is 96.5 Å². The molecule has 2 fully saturated rings. The Kier molecular flexibility index (Phi) is 13.8. The van der Waals surface area contributed by atoms with Gasteiger partial charge in [-0.3, -0.25) is 14.9 Å². The average Bonchev–Trinajstić information content (AvgIpc) is 3.22. The van der Waals surface area contributed by atoms with Crippen LogP contribution in [0.3, 0.4) is 0 Å². The molecule has 5 atom stereocenters. The number of benzene rings is 1. The highest BCUT2D eigenvalue weighted by Gasteiger charge is 2.49. The molecule has 0 aromatic heterocycles. The molecule has 1 amide bonds. The summed E-state index contributed by atoms with van der Waals surface area (Å²) in [5.74, 6) is -0.503. The first-order valence-corrected chi connectivity index (χ1v) is 12.4. The van der Waals surface area contributed by atoms with Gasteiger partial charge >= 0.3 is 11.9 Å². The number of amides is 1. The minimum atomic E-state index is -0.601. The van der Waals surface area contributed by atoms with Crippen molar-refractivity contribution >= 4 is 44.8 Å². The minimum absolute atomic E-state index is 0. The maximum Gasteiger partial charge on any atom is 0.329 e. The van der Waals surface area contributed by atoms with Crippen LogP contribution >= 0.6 is 27.0 Å². The third-order valence-electron chi connectivity index (χ3n) is 6.81. The Bertz CT molecular complexity index is 810. The van der Waals surface area contributed by atoms with Gasteiger partial charge < -0.3 is 14.4 Å². The van der Waals surface area contributed by atoms with E-state index in [1.807, 2.05) is 37.3 Å². The Hall–Kier alpha value is -1.71. The van der Waals surface area contributed by atoms with Gasteiger partial charge in [-0.2, -0.15) is 27.0 Å². The van der Waals surface area contributed by atoms with Crippen molar-refractivity contribution in [1.29, 1.82) is 0 Å². The molecular weight excluding hydrogens is 484 g/mol. The molecule has 198 valence electrons. The van der Waals surface area contributed by atoms with Crippen LogP contribution in [-0.4, -0.2) is 53.5 Å². The van der Waals surface area contributed by atoms with Gasteiger partial charge in [0.25, 0.3) is 0 Å². The van der Waals surface area contributed by atoms with Gasteiger partial charge in [0.05, 0.1) is 12.6 Å². The maximum atomic E-state index is 13.6. The van der Waals surface area contributed by atoms with Crippen LogP contribution < -0.4 is 5.32 Å². The first-order chi connectivity index (χ1) is 16.0. The van der Waals surface area contributed by atoms with E-state index in [0.717, 1.165) is 37.7 Å². The predicted octanol–water partition coefficient (Wildman–Crippen LogP) is 3.83. The first kappa shape index (κ1) is 31.3. The molecule has 1 aromatic carbocycles. The Morgan fingerprint density at radius 1 is 1.06 bits per heavy atom. The summed E-state index contributed by atoms with van der Waals surface area (Å²) in [6.07, 6.45) is 6.14. The van der Waals surface area contributed by atoms with Gasteiger partial charge in [0.2, 0.25) is 5.91 Å². The van der Waals surface area contributed by atoms with Gasteiger partial charge in [-0.1, -0.05) is 56.5 Å². The molecule has 1 aromatic rings. The standard InChI is InChI=1S/C26H38N2O5.2H2S/c1-4-11-21(25(30)32-5-2)27-18(3)24(29)28-22-15-10-9-14-20(22)16-23(28)26(31)33-17-19-12-7-6-8-13-19;;/h6-8,12-13,18,20-23,27H,4-5,9-11,14-17H2,1-3H3;2*1H2/t18-,20-,21+,22-,23-;;/m0../s1. The van der Waals surface area contributed by atoms with Crippen LogP contribution in [-0.2, 0) is 30.5 Å². The van der Waals surface area contributed by atoms with Crippen LogP contribution in [0, 0.1) is 5.92 Å².